The van der Waals surface area contributed by atoms with Crippen LogP contribution in [0.2, 0.25) is 0 Å². The van der Waals surface area contributed by atoms with Gasteiger partial charge in [-0.1, -0.05) is 19.9 Å². The van der Waals surface area contributed by atoms with Gasteiger partial charge < -0.3 is 15.2 Å². The molecule has 0 aliphatic carbocycles. The van der Waals surface area contributed by atoms with Crippen LogP contribution in [0.5, 0.6) is 5.75 Å². The topological polar surface area (TPSA) is 75.6 Å². The standard InChI is InChI=1S/C14H19NO4/c1-9(2)7-15-13(16)8-19-12-6-4-5-11(10(12)3)14(17)18/h4-6,9H,7-8H2,1-3H3,(H,15,16)(H,17,18). The lowest BCUT2D eigenvalue weighted by Gasteiger charge is -2.11. The van der Waals surface area contributed by atoms with Gasteiger partial charge in [0.2, 0.25) is 0 Å². The van der Waals surface area contributed by atoms with Gasteiger partial charge in [-0.2, -0.15) is 0 Å². The van der Waals surface area contributed by atoms with Crippen molar-refractivity contribution in [1.82, 2.24) is 5.32 Å². The van der Waals surface area contributed by atoms with Gasteiger partial charge in [-0.25, -0.2) is 4.79 Å². The van der Waals surface area contributed by atoms with Gasteiger partial charge in [-0.3, -0.25) is 4.79 Å². The molecule has 0 aromatic heterocycles. The van der Waals surface area contributed by atoms with Crippen molar-refractivity contribution in [2.24, 2.45) is 5.92 Å². The number of aromatic carboxylic acids is 1. The largest absolute Gasteiger partial charge is 0.483 e. The SMILES string of the molecule is Cc1c(OCC(=O)NCC(C)C)cccc1C(=O)O. The molecule has 1 aromatic carbocycles. The number of carbonyl (C=O) groups excluding carboxylic acids is 1. The van der Waals surface area contributed by atoms with Gasteiger partial charge in [0.1, 0.15) is 5.75 Å². The van der Waals surface area contributed by atoms with Gasteiger partial charge in [0.25, 0.3) is 5.91 Å². The highest BCUT2D eigenvalue weighted by Crippen LogP contribution is 2.21. The number of hydrogen-bond donors (Lipinski definition) is 2. The van der Waals surface area contributed by atoms with Crippen molar-refractivity contribution in [3.05, 3.63) is 29.3 Å². The van der Waals surface area contributed by atoms with E-state index in [0.717, 1.165) is 0 Å². The first kappa shape index (κ1) is 15.0. The molecule has 0 saturated carbocycles. The van der Waals surface area contributed by atoms with E-state index >= 15 is 0 Å². The van der Waals surface area contributed by atoms with E-state index in [1.807, 2.05) is 13.8 Å². The maximum atomic E-state index is 11.5. The molecule has 5 heteroatoms. The summed E-state index contributed by atoms with van der Waals surface area (Å²) in [7, 11) is 0. The van der Waals surface area contributed by atoms with Crippen LogP contribution in [0.15, 0.2) is 18.2 Å². The molecule has 0 heterocycles. The zero-order chi connectivity index (χ0) is 14.4. The highest BCUT2D eigenvalue weighted by molar-refractivity contribution is 5.90. The van der Waals surface area contributed by atoms with Gasteiger partial charge in [-0.05, 0) is 25.0 Å². The molecule has 0 bridgehead atoms. The van der Waals surface area contributed by atoms with Crippen molar-refractivity contribution < 1.29 is 19.4 Å². The van der Waals surface area contributed by atoms with Crippen LogP contribution in [-0.4, -0.2) is 30.1 Å². The molecule has 0 radical (unpaired) electrons. The quantitative estimate of drug-likeness (QED) is 0.823. The minimum Gasteiger partial charge on any atom is -0.483 e. The lowest BCUT2D eigenvalue weighted by Crippen LogP contribution is -2.31. The number of benzene rings is 1. The summed E-state index contributed by atoms with van der Waals surface area (Å²) in [6.45, 7) is 6.14. The lowest BCUT2D eigenvalue weighted by atomic mass is 10.1. The Morgan fingerprint density at radius 3 is 2.63 bits per heavy atom. The van der Waals surface area contributed by atoms with Gasteiger partial charge in [0.05, 0.1) is 5.56 Å². The molecule has 1 rings (SSSR count). The molecule has 0 spiro atoms. The molecular formula is C14H19NO4. The van der Waals surface area contributed by atoms with E-state index in [2.05, 4.69) is 5.32 Å². The monoisotopic (exact) mass is 265 g/mol. The molecule has 0 unspecified atom stereocenters. The Morgan fingerprint density at radius 1 is 1.37 bits per heavy atom. The minimum absolute atomic E-state index is 0.114. The van der Waals surface area contributed by atoms with E-state index in [4.69, 9.17) is 9.84 Å². The van der Waals surface area contributed by atoms with Crippen molar-refractivity contribution in [3.8, 4) is 5.75 Å². The number of carboxylic acid groups (broad SMARTS) is 1. The second kappa shape index (κ2) is 6.78. The zero-order valence-corrected chi connectivity index (χ0v) is 11.4. The highest BCUT2D eigenvalue weighted by Gasteiger charge is 2.12. The van der Waals surface area contributed by atoms with Crippen LogP contribution in [-0.2, 0) is 4.79 Å². The molecule has 0 fully saturated rings. The Kier molecular flexibility index (Phi) is 5.36. The summed E-state index contributed by atoms with van der Waals surface area (Å²) >= 11 is 0. The summed E-state index contributed by atoms with van der Waals surface area (Å²) < 4.78 is 5.35. The number of nitrogens with one attached hydrogen (secondary N) is 1. The first-order chi connectivity index (χ1) is 8.91. The Bertz CT molecular complexity index is 469. The normalized spacial score (nSPS) is 10.3. The van der Waals surface area contributed by atoms with Gasteiger partial charge in [0.15, 0.2) is 6.61 Å². The molecular weight excluding hydrogens is 246 g/mol. The van der Waals surface area contributed by atoms with Crippen molar-refractivity contribution >= 4 is 11.9 Å². The molecule has 0 aliphatic heterocycles. The molecule has 2 N–H and O–H groups in total. The van der Waals surface area contributed by atoms with Crippen LogP contribution in [0.25, 0.3) is 0 Å². The summed E-state index contributed by atoms with van der Waals surface area (Å²) in [5.41, 5.74) is 0.701. The van der Waals surface area contributed by atoms with Gasteiger partial charge >= 0.3 is 5.97 Å². The van der Waals surface area contributed by atoms with Crippen LogP contribution in [0.3, 0.4) is 0 Å². The molecule has 104 valence electrons. The van der Waals surface area contributed by atoms with Crippen LogP contribution < -0.4 is 10.1 Å². The Balaban J connectivity index is 2.61. The fourth-order valence-electron chi connectivity index (χ4n) is 1.51. The van der Waals surface area contributed by atoms with E-state index in [9.17, 15) is 9.59 Å². The van der Waals surface area contributed by atoms with Crippen LogP contribution in [0.1, 0.15) is 29.8 Å². The summed E-state index contributed by atoms with van der Waals surface area (Å²) in [4.78, 5) is 22.5. The van der Waals surface area contributed by atoms with E-state index < -0.39 is 5.97 Å². The summed E-state index contributed by atoms with van der Waals surface area (Å²) in [6.07, 6.45) is 0. The molecule has 0 atom stereocenters. The second-order valence-corrected chi connectivity index (χ2v) is 4.72. The van der Waals surface area contributed by atoms with E-state index in [1.165, 1.54) is 6.07 Å². The summed E-state index contributed by atoms with van der Waals surface area (Å²) in [5.74, 6) is -0.429. The minimum atomic E-state index is -1.01. The number of ether oxygens (including phenoxy) is 1. The summed E-state index contributed by atoms with van der Waals surface area (Å²) in [5, 5.41) is 11.7. The van der Waals surface area contributed by atoms with Gasteiger partial charge in [0, 0.05) is 12.1 Å². The first-order valence-electron chi connectivity index (χ1n) is 6.14. The van der Waals surface area contributed by atoms with Gasteiger partial charge in [-0.15, -0.1) is 0 Å². The summed E-state index contributed by atoms with van der Waals surface area (Å²) in [6, 6.07) is 4.75. The van der Waals surface area contributed by atoms with Crippen LogP contribution >= 0.6 is 0 Å². The highest BCUT2D eigenvalue weighted by atomic mass is 16.5. The van der Waals surface area contributed by atoms with E-state index in [-0.39, 0.29) is 18.1 Å². The van der Waals surface area contributed by atoms with Crippen molar-refractivity contribution in [2.75, 3.05) is 13.2 Å². The average molecular weight is 265 g/mol. The maximum absolute atomic E-state index is 11.5. The number of amides is 1. The predicted octanol–water partition coefficient (Wildman–Crippen LogP) is 1.84. The van der Waals surface area contributed by atoms with E-state index in [1.54, 1.807) is 19.1 Å². The third-order valence-corrected chi connectivity index (χ3v) is 2.58. The Labute approximate surface area is 112 Å². The number of hydrogen-bond acceptors (Lipinski definition) is 3. The third-order valence-electron chi connectivity index (χ3n) is 2.58. The number of rotatable bonds is 6. The first-order valence-corrected chi connectivity index (χ1v) is 6.14. The fraction of sp³-hybridized carbons (Fsp3) is 0.429. The van der Waals surface area contributed by atoms with E-state index in [0.29, 0.717) is 23.8 Å². The smallest absolute Gasteiger partial charge is 0.336 e. The van der Waals surface area contributed by atoms with Crippen LogP contribution in [0, 0.1) is 12.8 Å². The molecule has 1 amide bonds. The maximum Gasteiger partial charge on any atom is 0.336 e. The average Bonchev–Trinajstić information content (AvgIpc) is 2.34. The van der Waals surface area contributed by atoms with Crippen LogP contribution in [0.4, 0.5) is 0 Å². The van der Waals surface area contributed by atoms with Crippen molar-refractivity contribution in [2.45, 2.75) is 20.8 Å². The Hall–Kier alpha value is -2.04. The molecule has 1 aromatic rings. The number of carboxylic acids is 1. The van der Waals surface area contributed by atoms with Crippen molar-refractivity contribution in [3.63, 3.8) is 0 Å². The number of carbonyl (C=O) groups is 2. The second-order valence-electron chi connectivity index (χ2n) is 4.72. The lowest BCUT2D eigenvalue weighted by molar-refractivity contribution is -0.123. The molecule has 5 nitrogen and oxygen atoms in total. The zero-order valence-electron chi connectivity index (χ0n) is 11.4. The molecule has 0 saturated heterocycles. The fourth-order valence-corrected chi connectivity index (χ4v) is 1.51. The van der Waals surface area contributed by atoms with Crippen molar-refractivity contribution in [1.29, 1.82) is 0 Å². The third kappa shape index (κ3) is 4.62. The predicted molar refractivity (Wildman–Crippen MR) is 71.5 cm³/mol. The Morgan fingerprint density at radius 2 is 2.05 bits per heavy atom. The molecule has 0 aliphatic rings. The molecule has 19 heavy (non-hydrogen) atoms.